The summed E-state index contributed by atoms with van der Waals surface area (Å²) in [6.45, 7) is 4.95. The van der Waals surface area contributed by atoms with E-state index >= 15 is 0 Å². The third-order valence-electron chi connectivity index (χ3n) is 6.08. The number of carbonyl (C=O) groups excluding carboxylic acids is 1. The largest absolute Gasteiger partial charge is 0.355 e. The van der Waals surface area contributed by atoms with Crippen molar-refractivity contribution in [3.8, 4) is 10.6 Å². The molecule has 0 bridgehead atoms. The molecule has 162 valence electrons. The van der Waals surface area contributed by atoms with Gasteiger partial charge in [0.25, 0.3) is 5.91 Å². The standard InChI is InChI=1S/C22H27N7OS/c1-26-18(16-17(25-26)19-6-5-15-31-19)22(30)29-13-11-28(12-14-29)21-8-7-20(23-24-21)27-9-3-2-4-10-27/h5-8,15-16H,2-4,9-14H2,1H3. The molecule has 2 fully saturated rings. The van der Waals surface area contributed by atoms with Gasteiger partial charge in [0.15, 0.2) is 11.6 Å². The van der Waals surface area contributed by atoms with Gasteiger partial charge in [-0.2, -0.15) is 5.10 Å². The zero-order valence-electron chi connectivity index (χ0n) is 17.8. The fourth-order valence-corrected chi connectivity index (χ4v) is 4.97. The number of hydrogen-bond acceptors (Lipinski definition) is 7. The Bertz CT molecular complexity index is 1020. The monoisotopic (exact) mass is 437 g/mol. The first-order valence-corrected chi connectivity index (χ1v) is 11.8. The maximum absolute atomic E-state index is 13.1. The van der Waals surface area contributed by atoms with Crippen LogP contribution in [0.1, 0.15) is 29.8 Å². The minimum Gasteiger partial charge on any atom is -0.355 e. The number of amides is 1. The lowest BCUT2D eigenvalue weighted by atomic mass is 10.1. The van der Waals surface area contributed by atoms with E-state index < -0.39 is 0 Å². The zero-order chi connectivity index (χ0) is 21.2. The first kappa shape index (κ1) is 20.0. The predicted molar refractivity (Wildman–Crippen MR) is 123 cm³/mol. The number of carbonyl (C=O) groups is 1. The number of piperidine rings is 1. The van der Waals surface area contributed by atoms with Crippen LogP contribution in [0, 0.1) is 0 Å². The number of thiophene rings is 1. The fourth-order valence-electron chi connectivity index (χ4n) is 4.29. The lowest BCUT2D eigenvalue weighted by Crippen LogP contribution is -2.49. The van der Waals surface area contributed by atoms with Gasteiger partial charge in [-0.3, -0.25) is 9.48 Å². The molecule has 5 rings (SSSR count). The summed E-state index contributed by atoms with van der Waals surface area (Å²) in [5, 5.41) is 15.5. The van der Waals surface area contributed by atoms with Crippen molar-refractivity contribution in [2.45, 2.75) is 19.3 Å². The topological polar surface area (TPSA) is 70.4 Å². The first-order valence-electron chi connectivity index (χ1n) is 10.9. The van der Waals surface area contributed by atoms with E-state index in [1.54, 1.807) is 16.0 Å². The van der Waals surface area contributed by atoms with E-state index in [4.69, 9.17) is 0 Å². The normalized spacial score (nSPS) is 17.3. The van der Waals surface area contributed by atoms with E-state index in [-0.39, 0.29) is 5.91 Å². The number of piperazine rings is 1. The average molecular weight is 438 g/mol. The summed E-state index contributed by atoms with van der Waals surface area (Å²) in [6, 6.07) is 10.1. The molecular weight excluding hydrogens is 410 g/mol. The van der Waals surface area contributed by atoms with Crippen molar-refractivity contribution in [1.82, 2.24) is 24.9 Å². The summed E-state index contributed by atoms with van der Waals surface area (Å²) in [4.78, 5) is 20.6. The molecule has 0 atom stereocenters. The Morgan fingerprint density at radius 3 is 2.19 bits per heavy atom. The molecule has 2 saturated heterocycles. The third-order valence-corrected chi connectivity index (χ3v) is 6.97. The molecule has 0 spiro atoms. The van der Waals surface area contributed by atoms with Crippen molar-refractivity contribution in [2.24, 2.45) is 7.05 Å². The summed E-state index contributed by atoms with van der Waals surface area (Å²) in [5.74, 6) is 1.88. The minimum atomic E-state index is 0.0315. The number of aromatic nitrogens is 4. The number of anilines is 2. The van der Waals surface area contributed by atoms with E-state index in [0.717, 1.165) is 48.4 Å². The summed E-state index contributed by atoms with van der Waals surface area (Å²) >= 11 is 1.63. The van der Waals surface area contributed by atoms with Gasteiger partial charge >= 0.3 is 0 Å². The molecule has 0 aromatic carbocycles. The Morgan fingerprint density at radius 1 is 0.903 bits per heavy atom. The van der Waals surface area contributed by atoms with E-state index in [1.165, 1.54) is 19.3 Å². The summed E-state index contributed by atoms with van der Waals surface area (Å²) in [6.07, 6.45) is 3.76. The molecule has 9 heteroatoms. The Labute approximate surface area is 186 Å². The maximum atomic E-state index is 13.1. The molecule has 31 heavy (non-hydrogen) atoms. The van der Waals surface area contributed by atoms with Crippen molar-refractivity contribution in [2.75, 3.05) is 49.1 Å². The lowest BCUT2D eigenvalue weighted by Gasteiger charge is -2.35. The Balaban J connectivity index is 1.21. The molecule has 0 aliphatic carbocycles. The molecule has 0 radical (unpaired) electrons. The van der Waals surface area contributed by atoms with Gasteiger partial charge in [-0.25, -0.2) is 0 Å². The second kappa shape index (κ2) is 8.66. The summed E-state index contributed by atoms with van der Waals surface area (Å²) in [7, 11) is 1.83. The van der Waals surface area contributed by atoms with Gasteiger partial charge < -0.3 is 14.7 Å². The van der Waals surface area contributed by atoms with Gasteiger partial charge in [-0.1, -0.05) is 6.07 Å². The SMILES string of the molecule is Cn1nc(-c2cccs2)cc1C(=O)N1CCN(c2ccc(N3CCCCC3)nn2)CC1. The van der Waals surface area contributed by atoms with Gasteiger partial charge in [0.1, 0.15) is 11.4 Å². The molecule has 0 unspecified atom stereocenters. The zero-order valence-corrected chi connectivity index (χ0v) is 18.6. The molecule has 1 amide bonds. The summed E-state index contributed by atoms with van der Waals surface area (Å²) < 4.78 is 1.69. The van der Waals surface area contributed by atoms with Crippen LogP contribution in [0.15, 0.2) is 35.7 Å². The minimum absolute atomic E-state index is 0.0315. The maximum Gasteiger partial charge on any atom is 0.272 e. The molecule has 5 heterocycles. The Morgan fingerprint density at radius 2 is 1.58 bits per heavy atom. The van der Waals surface area contributed by atoms with Crippen molar-refractivity contribution in [3.05, 3.63) is 41.4 Å². The smallest absolute Gasteiger partial charge is 0.272 e. The van der Waals surface area contributed by atoms with E-state index in [1.807, 2.05) is 35.5 Å². The quantitative estimate of drug-likeness (QED) is 0.625. The van der Waals surface area contributed by atoms with Gasteiger partial charge in [-0.05, 0) is 48.9 Å². The van der Waals surface area contributed by atoms with Crippen LogP contribution < -0.4 is 9.80 Å². The van der Waals surface area contributed by atoms with Gasteiger partial charge in [-0.15, -0.1) is 21.5 Å². The molecular formula is C22H27N7OS. The third kappa shape index (κ3) is 4.14. The second-order valence-electron chi connectivity index (χ2n) is 8.09. The Hall–Kier alpha value is -2.94. The lowest BCUT2D eigenvalue weighted by molar-refractivity contribution is 0.0735. The molecule has 3 aromatic rings. The van der Waals surface area contributed by atoms with Crippen LogP contribution in [0.4, 0.5) is 11.6 Å². The molecule has 0 saturated carbocycles. The van der Waals surface area contributed by atoms with Crippen LogP contribution in [0.25, 0.3) is 10.6 Å². The van der Waals surface area contributed by atoms with Crippen molar-refractivity contribution < 1.29 is 4.79 Å². The van der Waals surface area contributed by atoms with E-state index in [0.29, 0.717) is 18.8 Å². The first-order chi connectivity index (χ1) is 15.2. The van der Waals surface area contributed by atoms with Crippen molar-refractivity contribution in [1.29, 1.82) is 0 Å². The van der Waals surface area contributed by atoms with Crippen molar-refractivity contribution >= 4 is 28.9 Å². The van der Waals surface area contributed by atoms with Crippen LogP contribution in [-0.2, 0) is 7.05 Å². The molecule has 0 N–H and O–H groups in total. The van der Waals surface area contributed by atoms with Crippen LogP contribution in [0.2, 0.25) is 0 Å². The highest BCUT2D eigenvalue weighted by molar-refractivity contribution is 7.13. The second-order valence-corrected chi connectivity index (χ2v) is 9.04. The highest BCUT2D eigenvalue weighted by atomic mass is 32.1. The number of nitrogens with zero attached hydrogens (tertiary/aromatic N) is 7. The van der Waals surface area contributed by atoms with Gasteiger partial charge in [0, 0.05) is 46.3 Å². The molecule has 2 aliphatic heterocycles. The fraction of sp³-hybridized carbons (Fsp3) is 0.455. The predicted octanol–water partition coefficient (Wildman–Crippen LogP) is 2.89. The summed E-state index contributed by atoms with van der Waals surface area (Å²) in [5.41, 5.74) is 1.48. The number of hydrogen-bond donors (Lipinski definition) is 0. The van der Waals surface area contributed by atoms with Crippen LogP contribution >= 0.6 is 11.3 Å². The number of rotatable bonds is 4. The Kier molecular flexibility index (Phi) is 5.59. The molecule has 2 aliphatic rings. The van der Waals surface area contributed by atoms with Crippen LogP contribution in [0.5, 0.6) is 0 Å². The van der Waals surface area contributed by atoms with Gasteiger partial charge in [0.05, 0.1) is 4.88 Å². The number of aryl methyl sites for hydroxylation is 1. The van der Waals surface area contributed by atoms with Crippen LogP contribution in [0.3, 0.4) is 0 Å². The van der Waals surface area contributed by atoms with E-state index in [2.05, 4.69) is 37.2 Å². The van der Waals surface area contributed by atoms with Gasteiger partial charge in [0.2, 0.25) is 0 Å². The molecule has 3 aromatic heterocycles. The highest BCUT2D eigenvalue weighted by Crippen LogP contribution is 2.25. The highest BCUT2D eigenvalue weighted by Gasteiger charge is 2.26. The van der Waals surface area contributed by atoms with E-state index in [9.17, 15) is 4.79 Å². The molecule has 8 nitrogen and oxygen atoms in total. The average Bonchev–Trinajstić information content (AvgIpc) is 3.49. The van der Waals surface area contributed by atoms with Crippen LogP contribution in [-0.4, -0.2) is 70.1 Å². The van der Waals surface area contributed by atoms with Crippen molar-refractivity contribution in [3.63, 3.8) is 0 Å².